The van der Waals surface area contributed by atoms with Crippen molar-refractivity contribution < 1.29 is 14.1 Å². The van der Waals surface area contributed by atoms with Gasteiger partial charge in [0.25, 0.3) is 5.91 Å². The number of ether oxygens (including phenoxy) is 1. The van der Waals surface area contributed by atoms with Crippen molar-refractivity contribution in [3.8, 4) is 6.01 Å². The highest BCUT2D eigenvalue weighted by atomic mass is 16.5. The highest BCUT2D eigenvalue weighted by molar-refractivity contribution is 5.96. The smallest absolute Gasteiger partial charge is 0.317 e. The van der Waals surface area contributed by atoms with Gasteiger partial charge in [0.2, 0.25) is 0 Å². The molecule has 0 aromatic carbocycles. The number of nitrogens with zero attached hydrogens (tertiary/aromatic N) is 3. The van der Waals surface area contributed by atoms with Gasteiger partial charge in [-0.2, -0.15) is 0 Å². The first-order valence-corrected chi connectivity index (χ1v) is 8.65. The van der Waals surface area contributed by atoms with Crippen LogP contribution in [-0.2, 0) is 0 Å². The Balaban J connectivity index is 1.52. The second-order valence-corrected chi connectivity index (χ2v) is 6.70. The van der Waals surface area contributed by atoms with E-state index in [0.717, 1.165) is 37.1 Å². The molecule has 0 radical (unpaired) electrons. The molecule has 134 valence electrons. The van der Waals surface area contributed by atoms with E-state index in [9.17, 15) is 4.79 Å². The van der Waals surface area contributed by atoms with E-state index in [-0.39, 0.29) is 18.1 Å². The standard InChI is InChI=1S/C18H24N4O3/c1-10-9-11(2)20-18(19-10)24-15-7-5-14(6-8-15)21-17(23)16-12(3)22-25-13(16)4/h9,14-15H,5-8H2,1-4H3,(H,21,23). The van der Waals surface area contributed by atoms with Crippen molar-refractivity contribution in [2.45, 2.75) is 65.5 Å². The summed E-state index contributed by atoms with van der Waals surface area (Å²) in [5.41, 5.74) is 2.98. The number of amides is 1. The Hall–Kier alpha value is -2.44. The molecular formula is C18H24N4O3. The second kappa shape index (κ2) is 7.21. The quantitative estimate of drug-likeness (QED) is 0.917. The van der Waals surface area contributed by atoms with Crippen molar-refractivity contribution in [3.63, 3.8) is 0 Å². The molecule has 1 amide bonds. The Kier molecular flexibility index (Phi) is 5.01. The van der Waals surface area contributed by atoms with Crippen LogP contribution < -0.4 is 10.1 Å². The molecule has 2 aromatic heterocycles. The molecule has 7 heteroatoms. The summed E-state index contributed by atoms with van der Waals surface area (Å²) in [5, 5.41) is 6.91. The molecule has 0 bridgehead atoms. The maximum Gasteiger partial charge on any atom is 0.317 e. The molecular weight excluding hydrogens is 320 g/mol. The van der Waals surface area contributed by atoms with Crippen molar-refractivity contribution in [2.75, 3.05) is 0 Å². The van der Waals surface area contributed by atoms with Crippen LogP contribution in [-0.4, -0.2) is 33.2 Å². The minimum absolute atomic E-state index is 0.0911. The zero-order chi connectivity index (χ0) is 18.0. The molecule has 1 fully saturated rings. The lowest BCUT2D eigenvalue weighted by molar-refractivity contribution is 0.0882. The summed E-state index contributed by atoms with van der Waals surface area (Å²) < 4.78 is 11.0. The third kappa shape index (κ3) is 4.15. The zero-order valence-electron chi connectivity index (χ0n) is 15.1. The van der Waals surface area contributed by atoms with Crippen LogP contribution in [0.2, 0.25) is 0 Å². The van der Waals surface area contributed by atoms with Crippen LogP contribution in [0.15, 0.2) is 10.6 Å². The topological polar surface area (TPSA) is 90.1 Å². The number of aryl methyl sites for hydroxylation is 4. The van der Waals surface area contributed by atoms with Gasteiger partial charge < -0.3 is 14.6 Å². The maximum absolute atomic E-state index is 12.4. The van der Waals surface area contributed by atoms with Crippen LogP contribution in [0.4, 0.5) is 0 Å². The molecule has 2 aromatic rings. The van der Waals surface area contributed by atoms with Gasteiger partial charge in [0.15, 0.2) is 0 Å². The normalized spacial score (nSPS) is 20.3. The minimum Gasteiger partial charge on any atom is -0.460 e. The number of carbonyl (C=O) groups excluding carboxylic acids is 1. The fraction of sp³-hybridized carbons (Fsp3) is 0.556. The van der Waals surface area contributed by atoms with Crippen molar-refractivity contribution in [1.29, 1.82) is 0 Å². The van der Waals surface area contributed by atoms with Crippen LogP contribution in [0, 0.1) is 27.7 Å². The number of carbonyl (C=O) groups is 1. The van der Waals surface area contributed by atoms with E-state index in [0.29, 0.717) is 23.0 Å². The fourth-order valence-corrected chi connectivity index (χ4v) is 3.29. The van der Waals surface area contributed by atoms with Crippen LogP contribution in [0.25, 0.3) is 0 Å². The molecule has 0 unspecified atom stereocenters. The van der Waals surface area contributed by atoms with Gasteiger partial charge >= 0.3 is 6.01 Å². The Labute approximate surface area is 147 Å². The average molecular weight is 344 g/mol. The van der Waals surface area contributed by atoms with Gasteiger partial charge in [0.1, 0.15) is 17.4 Å². The molecule has 2 heterocycles. The third-order valence-corrected chi connectivity index (χ3v) is 4.50. The van der Waals surface area contributed by atoms with Gasteiger partial charge in [-0.1, -0.05) is 5.16 Å². The highest BCUT2D eigenvalue weighted by Gasteiger charge is 2.26. The predicted octanol–water partition coefficient (Wildman–Crippen LogP) is 2.82. The Morgan fingerprint density at radius 2 is 1.76 bits per heavy atom. The van der Waals surface area contributed by atoms with Gasteiger partial charge in [-0.25, -0.2) is 9.97 Å². The predicted molar refractivity (Wildman–Crippen MR) is 91.6 cm³/mol. The summed E-state index contributed by atoms with van der Waals surface area (Å²) in [6.45, 7) is 7.40. The molecule has 1 N–H and O–H groups in total. The summed E-state index contributed by atoms with van der Waals surface area (Å²) in [5.74, 6) is 0.442. The molecule has 1 saturated carbocycles. The molecule has 0 atom stereocenters. The third-order valence-electron chi connectivity index (χ3n) is 4.50. The monoisotopic (exact) mass is 344 g/mol. The van der Waals surface area contributed by atoms with Crippen molar-refractivity contribution in [3.05, 3.63) is 34.5 Å². The molecule has 1 aliphatic carbocycles. The molecule has 0 aliphatic heterocycles. The van der Waals surface area contributed by atoms with E-state index in [4.69, 9.17) is 9.26 Å². The second-order valence-electron chi connectivity index (χ2n) is 6.70. The van der Waals surface area contributed by atoms with Gasteiger partial charge in [-0.05, 0) is 59.4 Å². The number of hydrogen-bond donors (Lipinski definition) is 1. The summed E-state index contributed by atoms with van der Waals surface area (Å²) >= 11 is 0. The Morgan fingerprint density at radius 3 is 2.32 bits per heavy atom. The van der Waals surface area contributed by atoms with E-state index < -0.39 is 0 Å². The van der Waals surface area contributed by atoms with Gasteiger partial charge in [-0.15, -0.1) is 0 Å². The van der Waals surface area contributed by atoms with E-state index in [1.54, 1.807) is 13.8 Å². The van der Waals surface area contributed by atoms with Crippen LogP contribution in [0.5, 0.6) is 6.01 Å². The number of hydrogen-bond acceptors (Lipinski definition) is 6. The van der Waals surface area contributed by atoms with E-state index in [2.05, 4.69) is 20.4 Å². The van der Waals surface area contributed by atoms with Crippen molar-refractivity contribution in [2.24, 2.45) is 0 Å². The van der Waals surface area contributed by atoms with Crippen LogP contribution >= 0.6 is 0 Å². The molecule has 1 aliphatic rings. The lowest BCUT2D eigenvalue weighted by Crippen LogP contribution is -2.40. The first-order chi connectivity index (χ1) is 11.9. The first kappa shape index (κ1) is 17.4. The van der Waals surface area contributed by atoms with Gasteiger partial charge in [0.05, 0.1) is 5.69 Å². The summed E-state index contributed by atoms with van der Waals surface area (Å²) in [7, 11) is 0. The van der Waals surface area contributed by atoms with E-state index >= 15 is 0 Å². The molecule has 3 rings (SSSR count). The molecule has 7 nitrogen and oxygen atoms in total. The van der Waals surface area contributed by atoms with Crippen LogP contribution in [0.3, 0.4) is 0 Å². The maximum atomic E-state index is 12.4. The summed E-state index contributed by atoms with van der Waals surface area (Å²) in [6, 6.07) is 2.51. The van der Waals surface area contributed by atoms with Crippen LogP contribution in [0.1, 0.15) is 58.9 Å². The summed E-state index contributed by atoms with van der Waals surface area (Å²) in [6.07, 6.45) is 3.55. The van der Waals surface area contributed by atoms with Gasteiger partial charge in [0, 0.05) is 17.4 Å². The largest absolute Gasteiger partial charge is 0.460 e. The minimum atomic E-state index is -0.113. The number of nitrogens with one attached hydrogen (secondary N) is 1. The average Bonchev–Trinajstić information content (AvgIpc) is 2.87. The fourth-order valence-electron chi connectivity index (χ4n) is 3.29. The SMILES string of the molecule is Cc1cc(C)nc(OC2CCC(NC(=O)c3c(C)noc3C)CC2)n1. The first-order valence-electron chi connectivity index (χ1n) is 8.65. The Morgan fingerprint density at radius 1 is 1.12 bits per heavy atom. The number of rotatable bonds is 4. The lowest BCUT2D eigenvalue weighted by atomic mass is 9.92. The van der Waals surface area contributed by atoms with Crippen molar-refractivity contribution >= 4 is 5.91 Å². The van der Waals surface area contributed by atoms with Gasteiger partial charge in [-0.3, -0.25) is 4.79 Å². The molecule has 25 heavy (non-hydrogen) atoms. The zero-order valence-corrected chi connectivity index (χ0v) is 15.1. The van der Waals surface area contributed by atoms with E-state index in [1.165, 1.54) is 0 Å². The number of aromatic nitrogens is 3. The summed E-state index contributed by atoms with van der Waals surface area (Å²) in [4.78, 5) is 21.1. The lowest BCUT2D eigenvalue weighted by Gasteiger charge is -2.29. The highest BCUT2D eigenvalue weighted by Crippen LogP contribution is 2.23. The molecule has 0 saturated heterocycles. The Bertz CT molecular complexity index is 724. The van der Waals surface area contributed by atoms with Crippen molar-refractivity contribution in [1.82, 2.24) is 20.4 Å². The van der Waals surface area contributed by atoms with E-state index in [1.807, 2.05) is 19.9 Å². The molecule has 0 spiro atoms.